The highest BCUT2D eigenvalue weighted by Gasteiger charge is 2.52. The summed E-state index contributed by atoms with van der Waals surface area (Å²) in [6.07, 6.45) is 2.68. The van der Waals surface area contributed by atoms with E-state index in [1.54, 1.807) is 25.7 Å². The Labute approximate surface area is 226 Å². The molecule has 0 aromatic carbocycles. The first kappa shape index (κ1) is 30.3. The predicted octanol–water partition coefficient (Wildman–Crippen LogP) is 2.09. The van der Waals surface area contributed by atoms with Gasteiger partial charge >= 0.3 is 13.2 Å². The van der Waals surface area contributed by atoms with E-state index < -0.39 is 51.1 Å². The highest BCUT2D eigenvalue weighted by Crippen LogP contribution is 2.36. The third-order valence-corrected chi connectivity index (χ3v) is 9.29. The van der Waals surface area contributed by atoms with Crippen molar-refractivity contribution in [3.8, 4) is 0 Å². The Morgan fingerprint density at radius 2 is 1.58 bits per heavy atom. The van der Waals surface area contributed by atoms with Gasteiger partial charge in [-0.1, -0.05) is 13.8 Å². The van der Waals surface area contributed by atoms with E-state index in [9.17, 15) is 18.0 Å². The number of sulfone groups is 1. The number of ether oxygens (including phenoxy) is 1. The van der Waals surface area contributed by atoms with E-state index in [0.717, 1.165) is 0 Å². The zero-order valence-electron chi connectivity index (χ0n) is 23.9. The number of hydrogen-bond acceptors (Lipinski definition) is 9. The van der Waals surface area contributed by atoms with Crippen molar-refractivity contribution >= 4 is 34.4 Å². The van der Waals surface area contributed by atoms with E-state index in [1.165, 1.54) is 12.4 Å². The normalized spacial score (nSPS) is 20.9. The average Bonchev–Trinajstić information content (AvgIpc) is 3.02. The zero-order chi connectivity index (χ0) is 28.7. The largest absolute Gasteiger partial charge is 0.498 e. The first-order valence-corrected chi connectivity index (χ1v) is 14.6. The van der Waals surface area contributed by atoms with Gasteiger partial charge in [0.25, 0.3) is 0 Å². The van der Waals surface area contributed by atoms with Gasteiger partial charge in [-0.05, 0) is 67.2 Å². The fourth-order valence-electron chi connectivity index (χ4n) is 4.25. The number of nitrogens with one attached hydrogen (secondary N) is 1. The first-order valence-electron chi connectivity index (χ1n) is 13.0. The Hall–Kier alpha value is -2.25. The molecule has 1 aromatic rings. The Balaban J connectivity index is 1.63. The van der Waals surface area contributed by atoms with E-state index in [0.29, 0.717) is 5.46 Å². The molecule has 2 amide bonds. The number of carbonyl (C=O) groups excluding carboxylic acids is 2. The molecule has 2 aliphatic heterocycles. The molecule has 11 nitrogen and oxygen atoms in total. The summed E-state index contributed by atoms with van der Waals surface area (Å²) < 4.78 is 43.8. The fraction of sp³-hybridized carbons (Fsp3) is 0.760. The van der Waals surface area contributed by atoms with Crippen LogP contribution in [0, 0.1) is 5.92 Å². The van der Waals surface area contributed by atoms with Gasteiger partial charge in [0, 0.05) is 30.9 Å². The molecule has 2 fully saturated rings. The maximum Gasteiger partial charge on any atom is 0.498 e. The van der Waals surface area contributed by atoms with Gasteiger partial charge in [-0.3, -0.25) is 4.79 Å². The van der Waals surface area contributed by atoms with Crippen LogP contribution in [0.15, 0.2) is 17.6 Å². The summed E-state index contributed by atoms with van der Waals surface area (Å²) in [4.78, 5) is 35.3. The molecule has 3 heterocycles. The number of carbonyl (C=O) groups is 2. The highest BCUT2D eigenvalue weighted by molar-refractivity contribution is 7.91. The van der Waals surface area contributed by atoms with Crippen LogP contribution >= 0.6 is 0 Å². The average molecular weight is 553 g/mol. The monoisotopic (exact) mass is 552 g/mol. The maximum atomic E-state index is 13.3. The number of amides is 2. The van der Waals surface area contributed by atoms with Crippen LogP contribution in [0.4, 0.5) is 4.79 Å². The third kappa shape index (κ3) is 6.66. The lowest BCUT2D eigenvalue weighted by Gasteiger charge is -2.35. The molecule has 0 saturated carbocycles. The maximum absolute atomic E-state index is 13.3. The van der Waals surface area contributed by atoms with Gasteiger partial charge in [0.15, 0.2) is 0 Å². The van der Waals surface area contributed by atoms with E-state index in [1.807, 2.05) is 41.5 Å². The van der Waals surface area contributed by atoms with Crippen LogP contribution in [0.25, 0.3) is 0 Å². The summed E-state index contributed by atoms with van der Waals surface area (Å²) in [7, 11) is -4.49. The van der Waals surface area contributed by atoms with Crippen LogP contribution in [-0.4, -0.2) is 83.6 Å². The quantitative estimate of drug-likeness (QED) is 0.415. The molecular formula is C25H41BN4O7S. The van der Waals surface area contributed by atoms with Crippen molar-refractivity contribution in [3.05, 3.63) is 12.4 Å². The summed E-state index contributed by atoms with van der Waals surface area (Å²) >= 11 is 0. The minimum atomic E-state index is -3.80. The smallest absolute Gasteiger partial charge is 0.444 e. The van der Waals surface area contributed by atoms with Gasteiger partial charge in [-0.25, -0.2) is 23.2 Å². The molecule has 1 aromatic heterocycles. The van der Waals surface area contributed by atoms with Crippen molar-refractivity contribution in [2.24, 2.45) is 5.92 Å². The topological polar surface area (TPSA) is 137 Å². The molecule has 13 heteroatoms. The summed E-state index contributed by atoms with van der Waals surface area (Å²) in [5.41, 5.74) is -1.22. The van der Waals surface area contributed by atoms with Crippen LogP contribution in [0.2, 0.25) is 0 Å². The minimum absolute atomic E-state index is 0.174. The van der Waals surface area contributed by atoms with E-state index in [4.69, 9.17) is 14.0 Å². The third-order valence-electron chi connectivity index (χ3n) is 7.23. The second kappa shape index (κ2) is 10.7. The van der Waals surface area contributed by atoms with Gasteiger partial charge in [-0.2, -0.15) is 0 Å². The molecule has 38 heavy (non-hydrogen) atoms. The van der Waals surface area contributed by atoms with Crippen molar-refractivity contribution in [3.63, 3.8) is 0 Å². The molecule has 212 valence electrons. The van der Waals surface area contributed by atoms with Gasteiger partial charge < -0.3 is 24.3 Å². The van der Waals surface area contributed by atoms with Crippen LogP contribution in [0.1, 0.15) is 75.2 Å². The Morgan fingerprint density at radius 1 is 1.08 bits per heavy atom. The molecule has 3 rings (SSSR count). The standard InChI is InChI=1S/C25H41BN4O7S/c1-16(2)19(29-22(32)35-23(3,4)5)20(31)30-12-10-18(11-13-30)38(33,34)21-27-14-17(15-28-21)26-36-24(6,7)25(8,9)37-26/h14-16,18-19H,10-13H2,1-9H3,(H,29,32). The minimum Gasteiger partial charge on any atom is -0.444 e. The second-order valence-corrected chi connectivity index (χ2v) is 14.4. The van der Waals surface area contributed by atoms with E-state index in [2.05, 4.69) is 15.3 Å². The van der Waals surface area contributed by atoms with Gasteiger partial charge in [0.05, 0.1) is 16.5 Å². The van der Waals surface area contributed by atoms with Crippen LogP contribution < -0.4 is 10.8 Å². The SMILES string of the molecule is CC(C)C(NC(=O)OC(C)(C)C)C(=O)N1CCC(S(=O)(=O)c2ncc(B3OC(C)(C)C(C)(C)O3)cn2)CC1. The summed E-state index contributed by atoms with van der Waals surface area (Å²) in [5, 5.41) is 1.69. The van der Waals surface area contributed by atoms with Crippen molar-refractivity contribution in [1.82, 2.24) is 20.2 Å². The number of nitrogens with zero attached hydrogens (tertiary/aromatic N) is 3. The highest BCUT2D eigenvalue weighted by atomic mass is 32.2. The number of rotatable bonds is 6. The van der Waals surface area contributed by atoms with E-state index in [-0.39, 0.29) is 42.9 Å². The zero-order valence-corrected chi connectivity index (χ0v) is 24.7. The van der Waals surface area contributed by atoms with Crippen molar-refractivity contribution in [1.29, 1.82) is 0 Å². The Bertz CT molecular complexity index is 1110. The first-order chi connectivity index (χ1) is 17.3. The number of piperidine rings is 1. The summed E-state index contributed by atoms with van der Waals surface area (Å²) in [5.74, 6) is -0.433. The lowest BCUT2D eigenvalue weighted by molar-refractivity contribution is -0.135. The van der Waals surface area contributed by atoms with E-state index >= 15 is 0 Å². The number of likely N-dealkylation sites (tertiary alicyclic amines) is 1. The van der Waals surface area contributed by atoms with Gasteiger partial charge in [-0.15, -0.1) is 0 Å². The Morgan fingerprint density at radius 3 is 2.03 bits per heavy atom. The van der Waals surface area contributed by atoms with Crippen molar-refractivity contribution in [2.45, 2.75) is 108 Å². The number of alkyl carbamates (subject to hydrolysis) is 1. The van der Waals surface area contributed by atoms with Crippen molar-refractivity contribution in [2.75, 3.05) is 13.1 Å². The molecular weight excluding hydrogens is 511 g/mol. The molecule has 0 aliphatic carbocycles. The van der Waals surface area contributed by atoms with Crippen LogP contribution in [-0.2, 0) is 28.7 Å². The predicted molar refractivity (Wildman–Crippen MR) is 143 cm³/mol. The fourth-order valence-corrected chi connectivity index (χ4v) is 5.78. The van der Waals surface area contributed by atoms with Gasteiger partial charge in [0.1, 0.15) is 11.6 Å². The molecule has 0 bridgehead atoms. The van der Waals surface area contributed by atoms with Gasteiger partial charge in [0.2, 0.25) is 20.9 Å². The van der Waals surface area contributed by atoms with Crippen LogP contribution in [0.3, 0.4) is 0 Å². The number of aromatic nitrogens is 2. The molecule has 1 atom stereocenters. The van der Waals surface area contributed by atoms with Crippen molar-refractivity contribution < 1.29 is 32.1 Å². The van der Waals surface area contributed by atoms with Crippen LogP contribution in [0.5, 0.6) is 0 Å². The summed E-state index contributed by atoms with van der Waals surface area (Å²) in [6.45, 7) is 17.1. The second-order valence-electron chi connectivity index (χ2n) is 12.3. The number of hydrogen-bond donors (Lipinski definition) is 1. The summed E-state index contributed by atoms with van der Waals surface area (Å²) in [6, 6.07) is -0.774. The molecule has 1 N–H and O–H groups in total. The lowest BCUT2D eigenvalue weighted by Crippen LogP contribution is -2.54. The molecule has 0 spiro atoms. The molecule has 2 saturated heterocycles. The Kier molecular flexibility index (Phi) is 8.55. The lowest BCUT2D eigenvalue weighted by atomic mass is 9.81. The molecule has 1 unspecified atom stereocenters. The molecule has 2 aliphatic rings. The molecule has 0 radical (unpaired) electrons.